The summed E-state index contributed by atoms with van der Waals surface area (Å²) in [6.07, 6.45) is 1.54. The Bertz CT molecular complexity index is 1010. The van der Waals surface area contributed by atoms with Crippen LogP contribution in [0.4, 0.5) is 5.69 Å². The molecule has 0 saturated heterocycles. The maximum absolute atomic E-state index is 13.0. The summed E-state index contributed by atoms with van der Waals surface area (Å²) in [5, 5.41) is 13.2. The zero-order chi connectivity index (χ0) is 18.9. The number of benzene rings is 2. The molecular formula is C21H23N3O2. The van der Waals surface area contributed by atoms with E-state index in [0.29, 0.717) is 11.3 Å². The molecule has 0 amide bonds. The Morgan fingerprint density at radius 3 is 2.46 bits per heavy atom. The van der Waals surface area contributed by atoms with Gasteiger partial charge in [-0.3, -0.25) is 14.9 Å². The molecule has 0 aliphatic rings. The fourth-order valence-corrected chi connectivity index (χ4v) is 2.77. The first-order valence-electron chi connectivity index (χ1n) is 8.52. The summed E-state index contributed by atoms with van der Waals surface area (Å²) in [4.78, 5) is 17.4. The third kappa shape index (κ3) is 3.47. The normalized spacial score (nSPS) is 12.0. The maximum Gasteiger partial charge on any atom is 0.280 e. The summed E-state index contributed by atoms with van der Waals surface area (Å²) in [7, 11) is 0. The van der Waals surface area contributed by atoms with E-state index in [1.807, 2.05) is 64.1 Å². The molecule has 5 heteroatoms. The lowest BCUT2D eigenvalue weighted by Crippen LogP contribution is -2.18. The molecule has 3 aromatic rings. The predicted octanol–water partition coefficient (Wildman–Crippen LogP) is 4.23. The second-order valence-electron chi connectivity index (χ2n) is 7.38. The van der Waals surface area contributed by atoms with E-state index in [1.54, 1.807) is 12.1 Å². The highest BCUT2D eigenvalue weighted by Gasteiger charge is 2.24. The molecule has 5 nitrogen and oxygen atoms in total. The molecule has 0 saturated carbocycles. The van der Waals surface area contributed by atoms with Gasteiger partial charge >= 0.3 is 0 Å². The number of hydrogen-bond donors (Lipinski definition) is 2. The molecule has 0 bridgehead atoms. The number of hydrogen-bond acceptors (Lipinski definition) is 3. The minimum absolute atomic E-state index is 0.0862. The highest BCUT2D eigenvalue weighted by molar-refractivity contribution is 5.84. The molecule has 2 N–H and O–H groups in total. The van der Waals surface area contributed by atoms with Gasteiger partial charge < -0.3 is 5.11 Å². The van der Waals surface area contributed by atoms with E-state index in [-0.39, 0.29) is 16.7 Å². The van der Waals surface area contributed by atoms with Crippen LogP contribution in [0.2, 0.25) is 0 Å². The summed E-state index contributed by atoms with van der Waals surface area (Å²) in [5.41, 5.74) is 3.04. The van der Waals surface area contributed by atoms with Crippen LogP contribution in [0.1, 0.15) is 37.6 Å². The molecule has 0 aliphatic heterocycles. The van der Waals surface area contributed by atoms with Crippen LogP contribution in [-0.2, 0) is 5.41 Å². The fraction of sp³-hybridized carbons (Fsp3) is 0.238. The van der Waals surface area contributed by atoms with Gasteiger partial charge in [0.2, 0.25) is 0 Å². The van der Waals surface area contributed by atoms with Crippen LogP contribution in [0.15, 0.2) is 58.3 Å². The van der Waals surface area contributed by atoms with E-state index in [0.717, 1.165) is 16.9 Å². The number of para-hydroxylation sites is 1. The summed E-state index contributed by atoms with van der Waals surface area (Å²) >= 11 is 0. The van der Waals surface area contributed by atoms with Crippen molar-refractivity contribution in [3.05, 3.63) is 75.7 Å². The van der Waals surface area contributed by atoms with E-state index in [4.69, 9.17) is 0 Å². The average Bonchev–Trinajstić information content (AvgIpc) is 2.93. The topological polar surface area (TPSA) is 70.4 Å². The first-order valence-corrected chi connectivity index (χ1v) is 8.52. The van der Waals surface area contributed by atoms with Gasteiger partial charge in [-0.2, -0.15) is 0 Å². The Morgan fingerprint density at radius 2 is 1.81 bits per heavy atom. The van der Waals surface area contributed by atoms with Gasteiger partial charge in [0.1, 0.15) is 11.4 Å². The number of aryl methyl sites for hydroxylation is 1. The van der Waals surface area contributed by atoms with Crippen molar-refractivity contribution in [3.8, 4) is 11.4 Å². The first-order chi connectivity index (χ1) is 12.3. The van der Waals surface area contributed by atoms with Gasteiger partial charge in [0.25, 0.3) is 5.56 Å². The van der Waals surface area contributed by atoms with Crippen LogP contribution in [0.25, 0.3) is 5.69 Å². The zero-order valence-electron chi connectivity index (χ0n) is 15.4. The van der Waals surface area contributed by atoms with Crippen molar-refractivity contribution < 1.29 is 5.11 Å². The molecule has 2 aromatic carbocycles. The Kier molecular flexibility index (Phi) is 4.55. The van der Waals surface area contributed by atoms with Crippen LogP contribution in [0.3, 0.4) is 0 Å². The largest absolute Gasteiger partial charge is 0.506 e. The van der Waals surface area contributed by atoms with Crippen LogP contribution >= 0.6 is 0 Å². The minimum Gasteiger partial charge on any atom is -0.506 e. The number of aromatic nitrogens is 2. The number of aromatic hydroxyl groups is 1. The lowest BCUT2D eigenvalue weighted by atomic mass is 9.90. The van der Waals surface area contributed by atoms with E-state index in [9.17, 15) is 9.90 Å². The number of aliphatic imine (C=N–C) groups is 1. The second-order valence-corrected chi connectivity index (χ2v) is 7.38. The molecule has 0 unspecified atom stereocenters. The SMILES string of the molecule is Cc1ccc(O)c(N=Cc2c(C(C)(C)C)[nH]n(-c3ccccc3)c2=O)c1. The summed E-state index contributed by atoms with van der Waals surface area (Å²) in [6, 6.07) is 14.6. The molecule has 1 heterocycles. The molecule has 0 aliphatic carbocycles. The molecule has 0 atom stereocenters. The van der Waals surface area contributed by atoms with Gasteiger partial charge in [0.15, 0.2) is 0 Å². The van der Waals surface area contributed by atoms with Gasteiger partial charge in [0, 0.05) is 11.6 Å². The number of phenolic OH excluding ortho intramolecular Hbond substituents is 1. The smallest absolute Gasteiger partial charge is 0.280 e. The molecular weight excluding hydrogens is 326 g/mol. The lowest BCUT2D eigenvalue weighted by molar-refractivity contribution is 0.477. The van der Waals surface area contributed by atoms with Gasteiger partial charge in [-0.1, -0.05) is 45.0 Å². The fourth-order valence-electron chi connectivity index (χ4n) is 2.77. The number of aromatic amines is 1. The van der Waals surface area contributed by atoms with Crippen LogP contribution in [-0.4, -0.2) is 21.1 Å². The highest BCUT2D eigenvalue weighted by Crippen LogP contribution is 2.28. The first kappa shape index (κ1) is 17.7. The predicted molar refractivity (Wildman–Crippen MR) is 105 cm³/mol. The van der Waals surface area contributed by atoms with Crippen LogP contribution in [0.5, 0.6) is 5.75 Å². The van der Waals surface area contributed by atoms with Crippen molar-refractivity contribution in [1.29, 1.82) is 0 Å². The van der Waals surface area contributed by atoms with E-state index >= 15 is 0 Å². The van der Waals surface area contributed by atoms with E-state index < -0.39 is 0 Å². The highest BCUT2D eigenvalue weighted by atomic mass is 16.3. The lowest BCUT2D eigenvalue weighted by Gasteiger charge is -2.17. The number of nitrogens with one attached hydrogen (secondary N) is 1. The molecule has 0 spiro atoms. The van der Waals surface area contributed by atoms with Crippen LogP contribution in [0, 0.1) is 6.92 Å². The van der Waals surface area contributed by atoms with Gasteiger partial charge in [-0.15, -0.1) is 0 Å². The molecule has 3 rings (SSSR count). The van der Waals surface area contributed by atoms with Crippen molar-refractivity contribution in [2.24, 2.45) is 4.99 Å². The monoisotopic (exact) mass is 349 g/mol. The van der Waals surface area contributed by atoms with E-state index in [1.165, 1.54) is 10.9 Å². The number of nitrogens with zero attached hydrogens (tertiary/aromatic N) is 2. The Hall–Kier alpha value is -3.08. The van der Waals surface area contributed by atoms with Crippen molar-refractivity contribution in [1.82, 2.24) is 9.78 Å². The van der Waals surface area contributed by atoms with Crippen molar-refractivity contribution in [3.63, 3.8) is 0 Å². The molecule has 1 aromatic heterocycles. The third-order valence-corrected chi connectivity index (χ3v) is 4.15. The second kappa shape index (κ2) is 6.67. The molecule has 0 radical (unpaired) electrons. The van der Waals surface area contributed by atoms with Crippen molar-refractivity contribution in [2.75, 3.05) is 0 Å². The molecule has 0 fully saturated rings. The maximum atomic E-state index is 13.0. The Balaban J connectivity index is 2.14. The number of H-pyrrole nitrogens is 1. The molecule has 134 valence electrons. The van der Waals surface area contributed by atoms with E-state index in [2.05, 4.69) is 10.1 Å². The van der Waals surface area contributed by atoms with Crippen LogP contribution < -0.4 is 5.56 Å². The van der Waals surface area contributed by atoms with Gasteiger partial charge in [0.05, 0.1) is 16.9 Å². The van der Waals surface area contributed by atoms with Gasteiger partial charge in [-0.25, -0.2) is 4.68 Å². The van der Waals surface area contributed by atoms with Gasteiger partial charge in [-0.05, 0) is 36.8 Å². The number of phenols is 1. The standard InChI is InChI=1S/C21H23N3O2/c1-14-10-11-18(25)17(12-14)22-13-16-19(21(2,3)4)23-24(20(16)26)15-8-6-5-7-9-15/h5-13,23,25H,1-4H3. The quantitative estimate of drug-likeness (QED) is 0.695. The summed E-state index contributed by atoms with van der Waals surface area (Å²) < 4.78 is 1.53. The summed E-state index contributed by atoms with van der Waals surface area (Å²) in [5.74, 6) is 0.0862. The Labute approximate surface area is 152 Å². The Morgan fingerprint density at radius 1 is 1.12 bits per heavy atom. The van der Waals surface area contributed by atoms with Crippen molar-refractivity contribution >= 4 is 11.9 Å². The number of rotatable bonds is 3. The summed E-state index contributed by atoms with van der Waals surface area (Å²) in [6.45, 7) is 8.04. The van der Waals surface area contributed by atoms with Crippen molar-refractivity contribution in [2.45, 2.75) is 33.1 Å². The molecule has 26 heavy (non-hydrogen) atoms. The average molecular weight is 349 g/mol. The zero-order valence-corrected chi connectivity index (χ0v) is 15.4. The minimum atomic E-state index is -0.269. The third-order valence-electron chi connectivity index (χ3n) is 4.15.